The van der Waals surface area contributed by atoms with Crippen molar-refractivity contribution in [1.82, 2.24) is 4.31 Å². The number of rotatable bonds is 8. The van der Waals surface area contributed by atoms with Crippen LogP contribution in [-0.2, 0) is 14.8 Å². The first-order valence-corrected chi connectivity index (χ1v) is 13.3. The van der Waals surface area contributed by atoms with Crippen molar-refractivity contribution in [3.05, 3.63) is 77.8 Å². The summed E-state index contributed by atoms with van der Waals surface area (Å²) in [4.78, 5) is 13.2. The van der Waals surface area contributed by atoms with Gasteiger partial charge in [-0.05, 0) is 62.2 Å². The van der Waals surface area contributed by atoms with Gasteiger partial charge in [0.15, 0.2) is 5.75 Å². The smallest absolute Gasteiger partial charge is 0.243 e. The van der Waals surface area contributed by atoms with E-state index in [0.29, 0.717) is 48.9 Å². The molecule has 1 amide bonds. The van der Waals surface area contributed by atoms with Crippen LogP contribution < -0.4 is 14.8 Å². The molecule has 1 N–H and O–H groups in total. The number of para-hydroxylation sites is 3. The van der Waals surface area contributed by atoms with Gasteiger partial charge in [0.05, 0.1) is 28.1 Å². The minimum absolute atomic E-state index is 0.0774. The summed E-state index contributed by atoms with van der Waals surface area (Å²) in [6.07, 6.45) is 1.16. The molecule has 0 unspecified atom stereocenters. The van der Waals surface area contributed by atoms with Crippen LogP contribution in [0.25, 0.3) is 0 Å². The van der Waals surface area contributed by atoms with Gasteiger partial charge < -0.3 is 14.8 Å². The average molecular weight is 515 g/mol. The second-order valence-corrected chi connectivity index (χ2v) is 10.5. The summed E-state index contributed by atoms with van der Waals surface area (Å²) >= 11 is 6.21. The zero-order chi connectivity index (χ0) is 24.8. The monoisotopic (exact) mass is 514 g/mol. The van der Waals surface area contributed by atoms with Crippen LogP contribution in [0.4, 0.5) is 5.69 Å². The summed E-state index contributed by atoms with van der Waals surface area (Å²) < 4.78 is 39.2. The van der Waals surface area contributed by atoms with Gasteiger partial charge in [-0.15, -0.1) is 0 Å². The van der Waals surface area contributed by atoms with Gasteiger partial charge in [-0.25, -0.2) is 8.42 Å². The Balaban J connectivity index is 1.47. The van der Waals surface area contributed by atoms with E-state index in [1.54, 1.807) is 24.3 Å². The molecule has 0 bridgehead atoms. The molecule has 1 saturated heterocycles. The minimum atomic E-state index is -3.82. The molecule has 0 aliphatic carbocycles. The Morgan fingerprint density at radius 1 is 1.06 bits per heavy atom. The molecular formula is C26H27ClN2O5S. The van der Waals surface area contributed by atoms with E-state index < -0.39 is 15.9 Å². The van der Waals surface area contributed by atoms with Crippen LogP contribution in [0.2, 0.25) is 5.02 Å². The lowest BCUT2D eigenvalue weighted by Gasteiger charge is -2.31. The van der Waals surface area contributed by atoms with Crippen molar-refractivity contribution < 1.29 is 22.7 Å². The lowest BCUT2D eigenvalue weighted by atomic mass is 9.98. The number of carbonyl (C=O) groups is 1. The van der Waals surface area contributed by atoms with Gasteiger partial charge in [-0.2, -0.15) is 4.31 Å². The highest BCUT2D eigenvalue weighted by atomic mass is 35.5. The molecule has 1 heterocycles. The predicted octanol–water partition coefficient (Wildman–Crippen LogP) is 5.57. The van der Waals surface area contributed by atoms with Crippen molar-refractivity contribution in [2.75, 3.05) is 25.0 Å². The molecule has 1 aliphatic heterocycles. The van der Waals surface area contributed by atoms with E-state index in [4.69, 9.17) is 21.1 Å². The average Bonchev–Trinajstić information content (AvgIpc) is 2.87. The van der Waals surface area contributed by atoms with E-state index in [0.717, 1.165) is 0 Å². The van der Waals surface area contributed by atoms with E-state index in [2.05, 4.69) is 5.32 Å². The van der Waals surface area contributed by atoms with Gasteiger partial charge in [0, 0.05) is 13.1 Å². The van der Waals surface area contributed by atoms with Crippen molar-refractivity contribution in [2.24, 2.45) is 5.92 Å². The van der Waals surface area contributed by atoms with Crippen LogP contribution in [0.3, 0.4) is 0 Å². The lowest BCUT2D eigenvalue weighted by Crippen LogP contribution is -2.43. The van der Waals surface area contributed by atoms with Crippen LogP contribution in [0.5, 0.6) is 17.2 Å². The Morgan fingerprint density at radius 3 is 2.54 bits per heavy atom. The Morgan fingerprint density at radius 2 is 1.80 bits per heavy atom. The van der Waals surface area contributed by atoms with Crippen molar-refractivity contribution >= 4 is 33.2 Å². The lowest BCUT2D eigenvalue weighted by molar-refractivity contribution is -0.120. The summed E-state index contributed by atoms with van der Waals surface area (Å²) in [5, 5.41) is 3.15. The van der Waals surface area contributed by atoms with Crippen LogP contribution in [0.1, 0.15) is 19.8 Å². The molecule has 7 nitrogen and oxygen atoms in total. The summed E-state index contributed by atoms with van der Waals surface area (Å²) in [5.74, 6) is 0.843. The molecule has 1 fully saturated rings. The van der Waals surface area contributed by atoms with Gasteiger partial charge in [0.2, 0.25) is 15.9 Å². The van der Waals surface area contributed by atoms with E-state index in [1.807, 2.05) is 43.3 Å². The predicted molar refractivity (Wildman–Crippen MR) is 136 cm³/mol. The number of piperidine rings is 1. The summed E-state index contributed by atoms with van der Waals surface area (Å²) in [7, 11) is -3.82. The van der Waals surface area contributed by atoms with Crippen LogP contribution >= 0.6 is 11.6 Å². The van der Waals surface area contributed by atoms with Gasteiger partial charge in [-0.1, -0.05) is 41.9 Å². The fraction of sp³-hybridized carbons (Fsp3) is 0.269. The number of carbonyl (C=O) groups excluding carboxylic acids is 1. The fourth-order valence-corrected chi connectivity index (χ4v) is 5.80. The summed E-state index contributed by atoms with van der Waals surface area (Å²) in [5.41, 5.74) is 0.527. The molecule has 3 aromatic carbocycles. The number of ether oxygens (including phenoxy) is 2. The van der Waals surface area contributed by atoms with Crippen molar-refractivity contribution in [2.45, 2.75) is 24.7 Å². The molecule has 0 radical (unpaired) electrons. The Labute approximate surface area is 210 Å². The molecule has 0 spiro atoms. The zero-order valence-electron chi connectivity index (χ0n) is 19.3. The number of hydrogen-bond acceptors (Lipinski definition) is 5. The molecule has 184 valence electrons. The van der Waals surface area contributed by atoms with E-state index in [9.17, 15) is 13.2 Å². The van der Waals surface area contributed by atoms with E-state index in [1.165, 1.54) is 16.4 Å². The second kappa shape index (κ2) is 11.1. The van der Waals surface area contributed by atoms with Gasteiger partial charge in [-0.3, -0.25) is 4.79 Å². The molecular weight excluding hydrogens is 488 g/mol. The molecule has 4 rings (SSSR count). The fourth-order valence-electron chi connectivity index (χ4n) is 3.95. The number of benzene rings is 3. The summed E-state index contributed by atoms with van der Waals surface area (Å²) in [6, 6.07) is 20.9. The number of halogens is 1. The van der Waals surface area contributed by atoms with Gasteiger partial charge >= 0.3 is 0 Å². The van der Waals surface area contributed by atoms with Crippen LogP contribution in [0.15, 0.2) is 77.7 Å². The zero-order valence-corrected chi connectivity index (χ0v) is 20.9. The van der Waals surface area contributed by atoms with Crippen molar-refractivity contribution in [1.29, 1.82) is 0 Å². The van der Waals surface area contributed by atoms with E-state index in [-0.39, 0.29) is 22.4 Å². The number of nitrogens with one attached hydrogen (secondary N) is 1. The molecule has 3 aromatic rings. The molecule has 9 heteroatoms. The largest absolute Gasteiger partial charge is 0.492 e. The number of hydrogen-bond donors (Lipinski definition) is 1. The maximum atomic E-state index is 13.3. The third kappa shape index (κ3) is 5.96. The second-order valence-electron chi connectivity index (χ2n) is 8.13. The molecule has 1 atom stereocenters. The number of nitrogens with zero attached hydrogens (tertiary/aromatic N) is 1. The topological polar surface area (TPSA) is 84.9 Å². The highest BCUT2D eigenvalue weighted by molar-refractivity contribution is 7.89. The van der Waals surface area contributed by atoms with Gasteiger partial charge in [0.1, 0.15) is 11.5 Å². The summed E-state index contributed by atoms with van der Waals surface area (Å²) in [6.45, 7) is 2.67. The van der Waals surface area contributed by atoms with Gasteiger partial charge in [0.25, 0.3) is 0 Å². The molecule has 0 saturated carbocycles. The highest BCUT2D eigenvalue weighted by Crippen LogP contribution is 2.32. The standard InChI is InChI=1S/C26H27ClN2O5S/c1-2-33-24-15-14-21(17-22(24)27)35(31,32)29-16-8-9-19(18-29)26(30)28-23-12-6-7-13-25(23)34-20-10-4-3-5-11-20/h3-7,10-15,17,19H,2,8-9,16,18H2,1H3,(H,28,30)/t19-/m0/s1. The maximum absolute atomic E-state index is 13.3. The minimum Gasteiger partial charge on any atom is -0.492 e. The molecule has 35 heavy (non-hydrogen) atoms. The Kier molecular flexibility index (Phi) is 7.95. The SMILES string of the molecule is CCOc1ccc(S(=O)(=O)N2CCC[C@H](C(=O)Nc3ccccc3Oc3ccccc3)C2)cc1Cl. The Bertz CT molecular complexity index is 1280. The molecule has 1 aliphatic rings. The first-order valence-electron chi connectivity index (χ1n) is 11.4. The first kappa shape index (κ1) is 25.0. The quantitative estimate of drug-likeness (QED) is 0.424. The van der Waals surface area contributed by atoms with Crippen molar-refractivity contribution in [3.63, 3.8) is 0 Å². The maximum Gasteiger partial charge on any atom is 0.243 e. The third-order valence-electron chi connectivity index (χ3n) is 5.71. The number of amides is 1. The third-order valence-corrected chi connectivity index (χ3v) is 7.87. The Hall–Kier alpha value is -3.07. The van der Waals surface area contributed by atoms with Crippen LogP contribution in [0, 0.1) is 5.92 Å². The normalized spacial score (nSPS) is 16.5. The van der Waals surface area contributed by atoms with Crippen LogP contribution in [-0.4, -0.2) is 38.3 Å². The number of anilines is 1. The van der Waals surface area contributed by atoms with E-state index >= 15 is 0 Å². The molecule has 0 aromatic heterocycles. The number of sulfonamides is 1. The first-order chi connectivity index (χ1) is 16.9. The highest BCUT2D eigenvalue weighted by Gasteiger charge is 2.34. The van der Waals surface area contributed by atoms with Crippen molar-refractivity contribution in [3.8, 4) is 17.2 Å².